The summed E-state index contributed by atoms with van der Waals surface area (Å²) in [6.45, 7) is 8.73. The number of fused-ring (bicyclic) bond motifs is 1. The Morgan fingerprint density at radius 2 is 2.06 bits per heavy atom. The topological polar surface area (TPSA) is 22.0 Å². The van der Waals surface area contributed by atoms with Crippen LogP contribution in [0.4, 0.5) is 0 Å². The van der Waals surface area contributed by atoms with Gasteiger partial charge in [0.1, 0.15) is 5.15 Å². The lowest BCUT2D eigenvalue weighted by atomic mass is 10.1. The molecule has 3 heteroatoms. The number of carbonyl (C=O) groups excluding carboxylic acids is 1. The molecule has 0 bridgehead atoms. The molecule has 1 aromatic carbocycles. The minimum Gasteiger partial charge on any atom is -0.331 e. The standard InChI is InChI=1S/C15H18ClNO/c1-9(2)8-17-13-7-10(3)5-6-12(13)14(11(4)18)15(17)16/h5-7,9H,8H2,1-4H3. The van der Waals surface area contributed by atoms with Crippen molar-refractivity contribution in [3.05, 3.63) is 34.5 Å². The minimum absolute atomic E-state index is 0.0244. The molecule has 0 aliphatic rings. The van der Waals surface area contributed by atoms with Crippen LogP contribution in [0.3, 0.4) is 0 Å². The fraction of sp³-hybridized carbons (Fsp3) is 0.400. The number of aryl methyl sites for hydroxylation is 1. The highest BCUT2D eigenvalue weighted by atomic mass is 35.5. The molecule has 0 unspecified atom stereocenters. The molecule has 2 aromatic rings. The van der Waals surface area contributed by atoms with E-state index in [1.807, 2.05) is 23.6 Å². The van der Waals surface area contributed by atoms with Gasteiger partial charge in [-0.3, -0.25) is 4.79 Å². The van der Waals surface area contributed by atoms with Crippen LogP contribution in [0.2, 0.25) is 5.15 Å². The van der Waals surface area contributed by atoms with Crippen molar-refractivity contribution in [3.8, 4) is 0 Å². The van der Waals surface area contributed by atoms with Gasteiger partial charge in [0, 0.05) is 11.9 Å². The zero-order valence-corrected chi connectivity index (χ0v) is 12.0. The van der Waals surface area contributed by atoms with Crippen LogP contribution in [-0.4, -0.2) is 10.4 Å². The van der Waals surface area contributed by atoms with Crippen molar-refractivity contribution in [3.63, 3.8) is 0 Å². The second kappa shape index (κ2) is 4.77. The van der Waals surface area contributed by atoms with E-state index in [0.717, 1.165) is 17.4 Å². The summed E-state index contributed by atoms with van der Waals surface area (Å²) in [4.78, 5) is 11.8. The van der Waals surface area contributed by atoms with Gasteiger partial charge in [-0.25, -0.2) is 0 Å². The molecule has 0 saturated carbocycles. The third kappa shape index (κ3) is 2.17. The second-order valence-corrected chi connectivity index (χ2v) is 5.61. The van der Waals surface area contributed by atoms with E-state index in [4.69, 9.17) is 11.6 Å². The van der Waals surface area contributed by atoms with Gasteiger partial charge in [-0.15, -0.1) is 0 Å². The average molecular weight is 264 g/mol. The number of benzene rings is 1. The molecule has 0 amide bonds. The normalized spacial score (nSPS) is 11.4. The monoisotopic (exact) mass is 263 g/mol. The third-order valence-electron chi connectivity index (χ3n) is 3.06. The number of aromatic nitrogens is 1. The van der Waals surface area contributed by atoms with Gasteiger partial charge in [-0.2, -0.15) is 0 Å². The first kappa shape index (κ1) is 13.2. The van der Waals surface area contributed by atoms with Crippen molar-refractivity contribution in [2.45, 2.75) is 34.2 Å². The minimum atomic E-state index is 0.0244. The summed E-state index contributed by atoms with van der Waals surface area (Å²) in [6.07, 6.45) is 0. The van der Waals surface area contributed by atoms with Crippen LogP contribution >= 0.6 is 11.6 Å². The molecule has 2 rings (SSSR count). The number of hydrogen-bond donors (Lipinski definition) is 0. The Bertz CT molecular complexity index is 610. The fourth-order valence-electron chi connectivity index (χ4n) is 2.31. The van der Waals surface area contributed by atoms with Gasteiger partial charge in [0.15, 0.2) is 5.78 Å². The van der Waals surface area contributed by atoms with Crippen LogP contribution in [0, 0.1) is 12.8 Å². The predicted molar refractivity (Wildman–Crippen MR) is 76.5 cm³/mol. The summed E-state index contributed by atoms with van der Waals surface area (Å²) in [5.41, 5.74) is 2.88. The number of Topliss-reactive ketones (excluding diaryl/α,β-unsaturated/α-hetero) is 1. The second-order valence-electron chi connectivity index (χ2n) is 5.25. The molecule has 0 atom stereocenters. The van der Waals surface area contributed by atoms with Gasteiger partial charge >= 0.3 is 0 Å². The Morgan fingerprint density at radius 1 is 1.39 bits per heavy atom. The van der Waals surface area contributed by atoms with Crippen molar-refractivity contribution in [1.29, 1.82) is 0 Å². The summed E-state index contributed by atoms with van der Waals surface area (Å²) in [7, 11) is 0. The number of nitrogens with zero attached hydrogens (tertiary/aromatic N) is 1. The quantitative estimate of drug-likeness (QED) is 0.750. The van der Waals surface area contributed by atoms with Gasteiger partial charge < -0.3 is 4.57 Å². The maximum Gasteiger partial charge on any atom is 0.163 e. The molecule has 2 nitrogen and oxygen atoms in total. The molecule has 0 aliphatic carbocycles. The lowest BCUT2D eigenvalue weighted by Gasteiger charge is -2.10. The molecule has 1 aromatic heterocycles. The summed E-state index contributed by atoms with van der Waals surface area (Å²) in [5, 5.41) is 1.52. The SMILES string of the molecule is CC(=O)c1c(Cl)n(CC(C)C)c2cc(C)ccc12. The Kier molecular flexibility index (Phi) is 3.49. The molecule has 0 aliphatic heterocycles. The van der Waals surface area contributed by atoms with Crippen molar-refractivity contribution in [2.24, 2.45) is 5.92 Å². The first-order valence-electron chi connectivity index (χ1n) is 6.21. The molecule has 0 radical (unpaired) electrons. The maximum atomic E-state index is 11.8. The van der Waals surface area contributed by atoms with E-state index >= 15 is 0 Å². The molecule has 0 saturated heterocycles. The fourth-order valence-corrected chi connectivity index (χ4v) is 2.70. The number of ketones is 1. The van der Waals surface area contributed by atoms with Crippen LogP contribution in [-0.2, 0) is 6.54 Å². The van der Waals surface area contributed by atoms with Crippen molar-refractivity contribution in [1.82, 2.24) is 4.57 Å². The third-order valence-corrected chi connectivity index (χ3v) is 3.45. The summed E-state index contributed by atoms with van der Waals surface area (Å²) >= 11 is 6.39. The highest BCUT2D eigenvalue weighted by molar-refractivity contribution is 6.35. The lowest BCUT2D eigenvalue weighted by Crippen LogP contribution is -2.04. The highest BCUT2D eigenvalue weighted by Gasteiger charge is 2.19. The highest BCUT2D eigenvalue weighted by Crippen LogP contribution is 2.31. The Hall–Kier alpha value is -1.28. The summed E-state index contributed by atoms with van der Waals surface area (Å²) < 4.78 is 2.05. The van der Waals surface area contributed by atoms with Crippen LogP contribution < -0.4 is 0 Å². The van der Waals surface area contributed by atoms with E-state index in [-0.39, 0.29) is 5.78 Å². The van der Waals surface area contributed by atoms with E-state index in [2.05, 4.69) is 19.9 Å². The number of carbonyl (C=O) groups is 1. The Labute approximate surface area is 113 Å². The summed E-state index contributed by atoms with van der Waals surface area (Å²) in [5.74, 6) is 0.509. The van der Waals surface area contributed by atoms with Crippen LogP contribution in [0.25, 0.3) is 10.9 Å². The van der Waals surface area contributed by atoms with Gasteiger partial charge in [0.05, 0.1) is 11.1 Å². The molecule has 18 heavy (non-hydrogen) atoms. The van der Waals surface area contributed by atoms with Gasteiger partial charge in [0.2, 0.25) is 0 Å². The van der Waals surface area contributed by atoms with Crippen LogP contribution in [0.15, 0.2) is 18.2 Å². The van der Waals surface area contributed by atoms with Gasteiger partial charge in [-0.05, 0) is 31.4 Å². The molecule has 0 fully saturated rings. The first-order valence-corrected chi connectivity index (χ1v) is 6.59. The lowest BCUT2D eigenvalue weighted by molar-refractivity contribution is 0.101. The molecule has 1 heterocycles. The van der Waals surface area contributed by atoms with E-state index in [9.17, 15) is 4.79 Å². The Morgan fingerprint density at radius 3 is 2.61 bits per heavy atom. The largest absolute Gasteiger partial charge is 0.331 e. The van der Waals surface area contributed by atoms with Gasteiger partial charge in [-0.1, -0.05) is 37.6 Å². The maximum absolute atomic E-state index is 11.8. The predicted octanol–water partition coefficient (Wildman–Crippen LogP) is 4.46. The number of halogens is 1. The van der Waals surface area contributed by atoms with E-state index in [0.29, 0.717) is 16.6 Å². The molecule has 0 N–H and O–H groups in total. The van der Waals surface area contributed by atoms with Crippen molar-refractivity contribution >= 4 is 28.3 Å². The number of hydrogen-bond acceptors (Lipinski definition) is 1. The smallest absolute Gasteiger partial charge is 0.163 e. The van der Waals surface area contributed by atoms with Crippen LogP contribution in [0.1, 0.15) is 36.7 Å². The zero-order valence-electron chi connectivity index (χ0n) is 11.2. The zero-order chi connectivity index (χ0) is 13.4. The van der Waals surface area contributed by atoms with E-state index in [1.54, 1.807) is 6.92 Å². The van der Waals surface area contributed by atoms with Crippen molar-refractivity contribution in [2.75, 3.05) is 0 Å². The van der Waals surface area contributed by atoms with Crippen molar-refractivity contribution < 1.29 is 4.79 Å². The summed E-state index contributed by atoms with van der Waals surface area (Å²) in [6, 6.07) is 6.10. The van der Waals surface area contributed by atoms with E-state index in [1.165, 1.54) is 5.56 Å². The number of rotatable bonds is 3. The molecule has 0 spiro atoms. The molecule has 96 valence electrons. The van der Waals surface area contributed by atoms with Crippen LogP contribution in [0.5, 0.6) is 0 Å². The molecular formula is C15H18ClNO. The Balaban J connectivity index is 2.79. The van der Waals surface area contributed by atoms with E-state index < -0.39 is 0 Å². The molecular weight excluding hydrogens is 246 g/mol. The van der Waals surface area contributed by atoms with Gasteiger partial charge in [0.25, 0.3) is 0 Å². The average Bonchev–Trinajstić information content (AvgIpc) is 2.52. The first-order chi connectivity index (χ1) is 8.41.